The second-order valence-electron chi connectivity index (χ2n) is 5.01. The third kappa shape index (κ3) is 3.78. The number of aliphatic carboxylic acids is 1. The fraction of sp³-hybridized carbons (Fsp3) is 0.118. The van der Waals surface area contributed by atoms with E-state index < -0.39 is 5.97 Å². The van der Waals surface area contributed by atoms with E-state index in [1.54, 1.807) is 12.1 Å². The van der Waals surface area contributed by atoms with Gasteiger partial charge in [0.05, 0.1) is 6.42 Å². The molecule has 23 heavy (non-hydrogen) atoms. The minimum atomic E-state index is -0.831. The summed E-state index contributed by atoms with van der Waals surface area (Å²) in [5, 5.41) is 12.9. The van der Waals surface area contributed by atoms with E-state index in [1.165, 1.54) is 11.3 Å². The summed E-state index contributed by atoms with van der Waals surface area (Å²) in [5.41, 5.74) is 1.68. The predicted molar refractivity (Wildman–Crippen MR) is 94.0 cm³/mol. The average molecular weight is 367 g/mol. The quantitative estimate of drug-likeness (QED) is 0.656. The highest BCUT2D eigenvalue weighted by Crippen LogP contribution is 2.30. The fourth-order valence-corrected chi connectivity index (χ4v) is 3.71. The molecule has 0 aliphatic carbocycles. The summed E-state index contributed by atoms with van der Waals surface area (Å²) in [6, 6.07) is 10.9. The molecule has 0 bridgehead atoms. The Bertz CT molecular complexity index is 873. The number of ether oxygens (including phenoxy) is 1. The zero-order valence-corrected chi connectivity index (χ0v) is 14.2. The summed E-state index contributed by atoms with van der Waals surface area (Å²) in [5.74, 6) is -0.116. The van der Waals surface area contributed by atoms with Crippen molar-refractivity contribution in [2.75, 3.05) is 0 Å². The van der Waals surface area contributed by atoms with Gasteiger partial charge in [-0.3, -0.25) is 4.79 Å². The maximum atomic E-state index is 10.9. The molecule has 0 atom stereocenters. The standard InChI is InChI=1S/C17H12Cl2O3S/c18-12-2-1-10(15(19)6-12)8-22-13-3-4-14-11(5-17(20)21)9-23-16(14)7-13/h1-4,6-7,9H,5,8H2,(H,20,21). The average Bonchev–Trinajstić information content (AvgIpc) is 2.88. The lowest BCUT2D eigenvalue weighted by molar-refractivity contribution is -0.136. The van der Waals surface area contributed by atoms with Crippen LogP contribution in [0.15, 0.2) is 41.8 Å². The number of halogens is 2. The Labute approximate surface area is 147 Å². The summed E-state index contributed by atoms with van der Waals surface area (Å²) >= 11 is 13.5. The van der Waals surface area contributed by atoms with Crippen LogP contribution in [0.1, 0.15) is 11.1 Å². The highest BCUT2D eigenvalue weighted by atomic mass is 35.5. The van der Waals surface area contributed by atoms with Crippen molar-refractivity contribution in [1.29, 1.82) is 0 Å². The van der Waals surface area contributed by atoms with E-state index in [0.29, 0.717) is 22.4 Å². The Kier molecular flexibility index (Phi) is 4.76. The van der Waals surface area contributed by atoms with Crippen LogP contribution in [-0.4, -0.2) is 11.1 Å². The smallest absolute Gasteiger partial charge is 0.307 e. The molecule has 3 aromatic rings. The van der Waals surface area contributed by atoms with E-state index in [9.17, 15) is 4.79 Å². The molecule has 0 aliphatic rings. The molecule has 1 heterocycles. The van der Waals surface area contributed by atoms with Crippen molar-refractivity contribution in [2.45, 2.75) is 13.0 Å². The van der Waals surface area contributed by atoms with Crippen molar-refractivity contribution < 1.29 is 14.6 Å². The molecule has 0 saturated heterocycles. The summed E-state index contributed by atoms with van der Waals surface area (Å²) in [7, 11) is 0. The van der Waals surface area contributed by atoms with E-state index in [4.69, 9.17) is 33.0 Å². The van der Waals surface area contributed by atoms with Gasteiger partial charge in [0.1, 0.15) is 12.4 Å². The minimum absolute atomic E-state index is 0.0284. The molecular weight excluding hydrogens is 355 g/mol. The van der Waals surface area contributed by atoms with Crippen molar-refractivity contribution in [3.05, 3.63) is 63.0 Å². The molecule has 0 radical (unpaired) electrons. The highest BCUT2D eigenvalue weighted by Gasteiger charge is 2.09. The first kappa shape index (κ1) is 16.1. The molecule has 1 aromatic heterocycles. The Morgan fingerprint density at radius 2 is 1.96 bits per heavy atom. The lowest BCUT2D eigenvalue weighted by Crippen LogP contribution is -1.99. The van der Waals surface area contributed by atoms with Crippen LogP contribution in [0.3, 0.4) is 0 Å². The molecule has 118 valence electrons. The van der Waals surface area contributed by atoms with Gasteiger partial charge in [-0.15, -0.1) is 11.3 Å². The Hall–Kier alpha value is -1.75. The second-order valence-corrected chi connectivity index (χ2v) is 6.77. The van der Waals surface area contributed by atoms with Crippen LogP contribution in [0.25, 0.3) is 10.1 Å². The van der Waals surface area contributed by atoms with Crippen LogP contribution in [-0.2, 0) is 17.8 Å². The third-order valence-electron chi connectivity index (χ3n) is 3.38. The molecule has 3 rings (SSSR count). The lowest BCUT2D eigenvalue weighted by atomic mass is 10.1. The summed E-state index contributed by atoms with van der Waals surface area (Å²) in [6.45, 7) is 0.342. The normalized spacial score (nSPS) is 10.9. The first-order valence-electron chi connectivity index (χ1n) is 6.81. The van der Waals surface area contributed by atoms with Crippen molar-refractivity contribution in [1.82, 2.24) is 0 Å². The molecule has 1 N–H and O–H groups in total. The Balaban J connectivity index is 1.77. The maximum absolute atomic E-state index is 10.9. The van der Waals surface area contributed by atoms with E-state index in [-0.39, 0.29) is 6.42 Å². The minimum Gasteiger partial charge on any atom is -0.489 e. The number of carboxylic acids is 1. The fourth-order valence-electron chi connectivity index (χ4n) is 2.25. The molecule has 2 aromatic carbocycles. The number of hydrogen-bond acceptors (Lipinski definition) is 3. The van der Waals surface area contributed by atoms with Gasteiger partial charge in [-0.05, 0) is 46.7 Å². The third-order valence-corrected chi connectivity index (χ3v) is 4.96. The van der Waals surface area contributed by atoms with Gasteiger partial charge in [-0.2, -0.15) is 0 Å². The summed E-state index contributed by atoms with van der Waals surface area (Å²) in [4.78, 5) is 10.9. The lowest BCUT2D eigenvalue weighted by Gasteiger charge is -2.08. The number of rotatable bonds is 5. The molecule has 0 amide bonds. The first-order chi connectivity index (χ1) is 11.0. The van der Waals surface area contributed by atoms with E-state index in [0.717, 1.165) is 21.2 Å². The number of thiophene rings is 1. The monoisotopic (exact) mass is 366 g/mol. The highest BCUT2D eigenvalue weighted by molar-refractivity contribution is 7.17. The van der Waals surface area contributed by atoms with Gasteiger partial charge in [-0.25, -0.2) is 0 Å². The Morgan fingerprint density at radius 1 is 1.13 bits per heavy atom. The van der Waals surface area contributed by atoms with Gasteiger partial charge in [0.15, 0.2) is 0 Å². The predicted octanol–water partition coefficient (Wildman–Crippen LogP) is 5.41. The van der Waals surface area contributed by atoms with E-state index in [2.05, 4.69) is 0 Å². The van der Waals surface area contributed by atoms with Gasteiger partial charge in [0.25, 0.3) is 0 Å². The number of fused-ring (bicyclic) bond motifs is 1. The molecule has 0 aliphatic heterocycles. The van der Waals surface area contributed by atoms with Gasteiger partial charge in [0, 0.05) is 20.3 Å². The topological polar surface area (TPSA) is 46.5 Å². The number of hydrogen-bond donors (Lipinski definition) is 1. The summed E-state index contributed by atoms with van der Waals surface area (Å²) < 4.78 is 6.77. The molecular formula is C17H12Cl2O3S. The SMILES string of the molecule is O=C(O)Cc1csc2cc(OCc3ccc(Cl)cc3Cl)ccc12. The van der Waals surface area contributed by atoms with Crippen LogP contribution >= 0.6 is 34.5 Å². The van der Waals surface area contributed by atoms with Crippen molar-refractivity contribution in [3.8, 4) is 5.75 Å². The van der Waals surface area contributed by atoms with Crippen molar-refractivity contribution in [3.63, 3.8) is 0 Å². The molecule has 0 fully saturated rings. The zero-order valence-electron chi connectivity index (χ0n) is 11.9. The van der Waals surface area contributed by atoms with Gasteiger partial charge < -0.3 is 9.84 Å². The second kappa shape index (κ2) is 6.79. The summed E-state index contributed by atoms with van der Waals surface area (Å²) in [6.07, 6.45) is 0.0284. The van der Waals surface area contributed by atoms with Crippen LogP contribution in [0.2, 0.25) is 10.0 Å². The van der Waals surface area contributed by atoms with Gasteiger partial charge in [0.2, 0.25) is 0 Å². The molecule has 0 spiro atoms. The van der Waals surface area contributed by atoms with Crippen LogP contribution in [0, 0.1) is 0 Å². The number of carboxylic acid groups (broad SMARTS) is 1. The number of benzene rings is 2. The molecule has 3 nitrogen and oxygen atoms in total. The van der Waals surface area contributed by atoms with Gasteiger partial charge >= 0.3 is 5.97 Å². The van der Waals surface area contributed by atoms with Gasteiger partial charge in [-0.1, -0.05) is 29.3 Å². The van der Waals surface area contributed by atoms with Crippen molar-refractivity contribution in [2.24, 2.45) is 0 Å². The largest absolute Gasteiger partial charge is 0.489 e. The van der Waals surface area contributed by atoms with Crippen LogP contribution < -0.4 is 4.74 Å². The molecule has 0 unspecified atom stereocenters. The Morgan fingerprint density at radius 3 is 2.70 bits per heavy atom. The van der Waals surface area contributed by atoms with Crippen LogP contribution in [0.5, 0.6) is 5.75 Å². The number of carbonyl (C=O) groups is 1. The maximum Gasteiger partial charge on any atom is 0.307 e. The van der Waals surface area contributed by atoms with Crippen molar-refractivity contribution >= 4 is 50.6 Å². The zero-order chi connectivity index (χ0) is 16.4. The van der Waals surface area contributed by atoms with Crippen LogP contribution in [0.4, 0.5) is 0 Å². The van der Waals surface area contributed by atoms with E-state index in [1.807, 2.05) is 29.6 Å². The molecule has 6 heteroatoms. The molecule has 0 saturated carbocycles. The first-order valence-corrected chi connectivity index (χ1v) is 8.45. The van der Waals surface area contributed by atoms with E-state index >= 15 is 0 Å².